The van der Waals surface area contributed by atoms with Crippen molar-refractivity contribution in [1.29, 1.82) is 0 Å². The van der Waals surface area contributed by atoms with Gasteiger partial charge in [-0.1, -0.05) is 0 Å². The lowest BCUT2D eigenvalue weighted by Crippen LogP contribution is -2.54. The largest absolute Gasteiger partial charge is 0.378 e. The number of hydrogen-bond acceptors (Lipinski definition) is 4. The Labute approximate surface area is 134 Å². The first-order valence-corrected chi connectivity index (χ1v) is 9.64. The van der Waals surface area contributed by atoms with Crippen LogP contribution in [0.2, 0.25) is 0 Å². The predicted octanol–water partition coefficient (Wildman–Crippen LogP) is 0.344. The van der Waals surface area contributed by atoms with Crippen molar-refractivity contribution in [3.63, 3.8) is 0 Å². The Balaban J connectivity index is 2.51. The van der Waals surface area contributed by atoms with Crippen LogP contribution < -0.4 is 5.32 Å². The van der Waals surface area contributed by atoms with E-state index in [-0.39, 0.29) is 18.5 Å². The molecular formula is C14H30N4O3S. The zero-order valence-corrected chi connectivity index (χ0v) is 15.0. The van der Waals surface area contributed by atoms with E-state index >= 15 is 0 Å². The van der Waals surface area contributed by atoms with E-state index in [9.17, 15) is 8.42 Å². The zero-order valence-electron chi connectivity index (χ0n) is 14.2. The second-order valence-corrected chi connectivity index (χ2v) is 7.54. The van der Waals surface area contributed by atoms with Crippen LogP contribution >= 0.6 is 0 Å². The van der Waals surface area contributed by atoms with Crippen LogP contribution in [0.1, 0.15) is 27.7 Å². The summed E-state index contributed by atoms with van der Waals surface area (Å²) in [5, 5.41) is 3.24. The molecule has 0 amide bonds. The molecule has 1 aliphatic heterocycles. The number of nitrogens with zero attached hydrogens (tertiary/aromatic N) is 3. The van der Waals surface area contributed by atoms with E-state index in [4.69, 9.17) is 4.74 Å². The van der Waals surface area contributed by atoms with E-state index in [2.05, 4.69) is 15.2 Å². The highest BCUT2D eigenvalue weighted by atomic mass is 32.2. The van der Waals surface area contributed by atoms with E-state index in [1.165, 1.54) is 0 Å². The number of nitrogens with one attached hydrogen (secondary N) is 1. The number of ether oxygens (including phenoxy) is 1. The number of piperazine rings is 1. The summed E-state index contributed by atoms with van der Waals surface area (Å²) in [7, 11) is -3.23. The number of sulfonamides is 1. The van der Waals surface area contributed by atoms with E-state index < -0.39 is 10.0 Å². The average Bonchev–Trinajstić information content (AvgIpc) is 2.46. The van der Waals surface area contributed by atoms with Crippen molar-refractivity contribution >= 4 is 16.0 Å². The number of rotatable bonds is 7. The molecule has 0 aromatic rings. The van der Waals surface area contributed by atoms with Gasteiger partial charge in [-0.25, -0.2) is 8.42 Å². The highest BCUT2D eigenvalue weighted by Crippen LogP contribution is 2.09. The summed E-state index contributed by atoms with van der Waals surface area (Å²) >= 11 is 0. The summed E-state index contributed by atoms with van der Waals surface area (Å²) in [6, 6.07) is 0. The van der Waals surface area contributed by atoms with Crippen LogP contribution in [-0.2, 0) is 14.8 Å². The smallest absolute Gasteiger partial charge is 0.216 e. The van der Waals surface area contributed by atoms with Gasteiger partial charge in [-0.3, -0.25) is 4.99 Å². The highest BCUT2D eigenvalue weighted by molar-refractivity contribution is 7.89. The molecule has 0 aromatic carbocycles. The minimum atomic E-state index is -3.23. The van der Waals surface area contributed by atoms with Crippen LogP contribution in [0.3, 0.4) is 0 Å². The van der Waals surface area contributed by atoms with Crippen molar-refractivity contribution in [3.05, 3.63) is 0 Å². The summed E-state index contributed by atoms with van der Waals surface area (Å²) in [6.07, 6.45) is 0.0555. The molecule has 0 aromatic heterocycles. The molecule has 130 valence electrons. The molecule has 0 bridgehead atoms. The van der Waals surface area contributed by atoms with E-state index in [1.807, 2.05) is 27.7 Å². The van der Waals surface area contributed by atoms with Crippen LogP contribution in [0.5, 0.6) is 0 Å². The number of guanidine groups is 1. The molecule has 0 saturated carbocycles. The Hall–Kier alpha value is -0.860. The molecule has 0 unspecified atom stereocenters. The van der Waals surface area contributed by atoms with E-state index in [0.29, 0.717) is 32.7 Å². The van der Waals surface area contributed by atoms with Gasteiger partial charge in [0.15, 0.2) is 5.96 Å². The van der Waals surface area contributed by atoms with Crippen molar-refractivity contribution in [3.8, 4) is 0 Å². The summed E-state index contributed by atoms with van der Waals surface area (Å²) in [6.45, 7) is 11.9. The average molecular weight is 334 g/mol. The molecule has 0 atom stereocenters. The highest BCUT2D eigenvalue weighted by Gasteiger charge is 2.27. The van der Waals surface area contributed by atoms with Gasteiger partial charge in [-0.05, 0) is 27.7 Å². The molecule has 8 heteroatoms. The Bertz CT molecular complexity index is 443. The lowest BCUT2D eigenvalue weighted by atomic mass is 10.4. The van der Waals surface area contributed by atoms with Crippen LogP contribution in [0.4, 0.5) is 0 Å². The second kappa shape index (κ2) is 9.32. The number of aliphatic imine (C=N–C) groups is 1. The lowest BCUT2D eigenvalue weighted by Gasteiger charge is -2.35. The molecule has 7 nitrogen and oxygen atoms in total. The monoisotopic (exact) mass is 334 g/mol. The molecule has 1 fully saturated rings. The molecule has 0 aliphatic carbocycles. The fourth-order valence-corrected chi connectivity index (χ4v) is 3.56. The standard InChI is InChI=1S/C14H30N4O3S/c1-5-15-14(16-6-2)17-7-9-18(10-8-17)22(19,20)12-11-21-13(3)4/h13H,5-12H2,1-4H3,(H,15,16). The first-order chi connectivity index (χ1) is 10.4. The van der Waals surface area contributed by atoms with Crippen molar-refractivity contribution in [2.24, 2.45) is 4.99 Å². The third-order valence-corrected chi connectivity index (χ3v) is 5.20. The summed E-state index contributed by atoms with van der Waals surface area (Å²) in [4.78, 5) is 6.55. The van der Waals surface area contributed by atoms with Crippen LogP contribution in [-0.4, -0.2) is 81.3 Å². The Morgan fingerprint density at radius 3 is 2.36 bits per heavy atom. The SMILES string of the molecule is CCN=C(NCC)N1CCN(S(=O)(=O)CCOC(C)C)CC1. The Kier molecular flexibility index (Phi) is 8.13. The molecule has 1 heterocycles. The van der Waals surface area contributed by atoms with Gasteiger partial charge in [-0.15, -0.1) is 0 Å². The van der Waals surface area contributed by atoms with Gasteiger partial charge >= 0.3 is 0 Å². The van der Waals surface area contributed by atoms with Crippen LogP contribution in [0.25, 0.3) is 0 Å². The van der Waals surface area contributed by atoms with Gasteiger partial charge in [0.25, 0.3) is 0 Å². The van der Waals surface area contributed by atoms with Crippen LogP contribution in [0.15, 0.2) is 4.99 Å². The van der Waals surface area contributed by atoms with E-state index in [0.717, 1.165) is 12.5 Å². The van der Waals surface area contributed by atoms with Crippen molar-refractivity contribution < 1.29 is 13.2 Å². The van der Waals surface area contributed by atoms with Gasteiger partial charge in [0.2, 0.25) is 10.0 Å². The van der Waals surface area contributed by atoms with Crippen molar-refractivity contribution in [2.45, 2.75) is 33.8 Å². The molecule has 1 N–H and O–H groups in total. The number of hydrogen-bond donors (Lipinski definition) is 1. The quantitative estimate of drug-likeness (QED) is 0.537. The molecule has 1 aliphatic rings. The van der Waals surface area contributed by atoms with Crippen molar-refractivity contribution in [1.82, 2.24) is 14.5 Å². The zero-order chi connectivity index (χ0) is 16.6. The maximum absolute atomic E-state index is 12.3. The van der Waals surface area contributed by atoms with Crippen LogP contribution in [0, 0.1) is 0 Å². The fraction of sp³-hybridized carbons (Fsp3) is 0.929. The predicted molar refractivity (Wildman–Crippen MR) is 89.7 cm³/mol. The summed E-state index contributed by atoms with van der Waals surface area (Å²) < 4.78 is 31.5. The first-order valence-electron chi connectivity index (χ1n) is 8.03. The molecular weight excluding hydrogens is 304 g/mol. The van der Waals surface area contributed by atoms with Gasteiger partial charge in [0.05, 0.1) is 18.5 Å². The third-order valence-electron chi connectivity index (χ3n) is 3.37. The molecule has 1 rings (SSSR count). The third kappa shape index (κ3) is 6.10. The second-order valence-electron chi connectivity index (χ2n) is 5.45. The molecule has 0 radical (unpaired) electrons. The summed E-state index contributed by atoms with van der Waals surface area (Å²) in [5.41, 5.74) is 0. The maximum atomic E-state index is 12.3. The molecule has 1 saturated heterocycles. The first kappa shape index (κ1) is 19.2. The minimum Gasteiger partial charge on any atom is -0.378 e. The fourth-order valence-electron chi connectivity index (χ4n) is 2.27. The maximum Gasteiger partial charge on any atom is 0.216 e. The molecule has 0 spiro atoms. The Morgan fingerprint density at radius 1 is 1.23 bits per heavy atom. The van der Waals surface area contributed by atoms with Gasteiger partial charge in [0, 0.05) is 39.3 Å². The Morgan fingerprint density at radius 2 is 1.86 bits per heavy atom. The summed E-state index contributed by atoms with van der Waals surface area (Å²) in [5.74, 6) is 0.916. The van der Waals surface area contributed by atoms with Gasteiger partial charge < -0.3 is 15.0 Å². The van der Waals surface area contributed by atoms with E-state index in [1.54, 1.807) is 4.31 Å². The van der Waals surface area contributed by atoms with Gasteiger partial charge in [-0.2, -0.15) is 4.31 Å². The lowest BCUT2D eigenvalue weighted by molar-refractivity contribution is 0.0904. The molecule has 22 heavy (non-hydrogen) atoms. The van der Waals surface area contributed by atoms with Gasteiger partial charge in [0.1, 0.15) is 0 Å². The minimum absolute atomic E-state index is 0.0499. The normalized spacial score (nSPS) is 18.0. The van der Waals surface area contributed by atoms with Crippen molar-refractivity contribution in [2.75, 3.05) is 51.6 Å². The topological polar surface area (TPSA) is 74.2 Å².